The standard InChI is InChI=1S/C22H20OSe2/c23-21(17-16-18-10-4-1-5-11-18)22(24-19-12-6-2-7-13-19)25-20-14-8-3-9-15-20/h1-15,22H,16-17H2. The molecule has 0 saturated carbocycles. The first-order valence-electron chi connectivity index (χ1n) is 8.31. The zero-order chi connectivity index (χ0) is 17.3. The van der Waals surface area contributed by atoms with Crippen LogP contribution in [0, 0.1) is 0 Å². The van der Waals surface area contributed by atoms with Crippen molar-refractivity contribution in [2.45, 2.75) is 16.6 Å². The van der Waals surface area contributed by atoms with Gasteiger partial charge >= 0.3 is 163 Å². The summed E-state index contributed by atoms with van der Waals surface area (Å²) in [6.07, 6.45) is 1.48. The second-order valence-electron chi connectivity index (χ2n) is 5.65. The normalized spacial score (nSPS) is 10.8. The van der Waals surface area contributed by atoms with Crippen LogP contribution in [-0.2, 0) is 11.2 Å². The summed E-state index contributed by atoms with van der Waals surface area (Å²) in [5.74, 6) is 0.413. The fourth-order valence-electron chi connectivity index (χ4n) is 2.43. The number of hydrogen-bond acceptors (Lipinski definition) is 1. The first-order chi connectivity index (χ1) is 12.3. The molecule has 0 spiro atoms. The SMILES string of the molecule is O=C(CCc1ccccc1)C([Se]c1ccccc1)[Se]c1ccccc1. The molecule has 3 aromatic carbocycles. The molecule has 0 heterocycles. The van der Waals surface area contributed by atoms with Crippen molar-refractivity contribution in [3.63, 3.8) is 0 Å². The van der Waals surface area contributed by atoms with Crippen molar-refractivity contribution in [1.29, 1.82) is 0 Å². The Kier molecular flexibility index (Phi) is 7.09. The second kappa shape index (κ2) is 9.75. The van der Waals surface area contributed by atoms with Gasteiger partial charge in [-0.2, -0.15) is 0 Å². The third kappa shape index (κ3) is 5.99. The third-order valence-electron chi connectivity index (χ3n) is 3.74. The van der Waals surface area contributed by atoms with Crippen molar-refractivity contribution in [3.05, 3.63) is 96.6 Å². The number of aryl methyl sites for hydroxylation is 1. The number of ketones is 1. The number of rotatable bonds is 8. The van der Waals surface area contributed by atoms with Crippen molar-refractivity contribution in [1.82, 2.24) is 0 Å². The molecule has 0 atom stereocenters. The molecule has 3 heteroatoms. The van der Waals surface area contributed by atoms with Crippen molar-refractivity contribution in [2.75, 3.05) is 0 Å². The van der Waals surface area contributed by atoms with Crippen LogP contribution in [0.3, 0.4) is 0 Å². The quantitative estimate of drug-likeness (QED) is 0.475. The van der Waals surface area contributed by atoms with Crippen molar-refractivity contribution >= 4 is 44.6 Å². The van der Waals surface area contributed by atoms with E-state index in [2.05, 4.69) is 60.7 Å². The van der Waals surface area contributed by atoms with E-state index < -0.39 is 0 Å². The fourth-order valence-corrected chi connectivity index (χ4v) is 8.88. The molecule has 0 aliphatic heterocycles. The van der Waals surface area contributed by atoms with E-state index in [1.54, 1.807) is 0 Å². The van der Waals surface area contributed by atoms with Gasteiger partial charge in [0.05, 0.1) is 0 Å². The molecule has 0 aliphatic rings. The average Bonchev–Trinajstić information content (AvgIpc) is 2.68. The summed E-state index contributed by atoms with van der Waals surface area (Å²) in [6, 6.07) is 31.3. The molecule has 0 saturated heterocycles. The van der Waals surface area contributed by atoms with Gasteiger partial charge in [0.1, 0.15) is 0 Å². The van der Waals surface area contributed by atoms with Crippen LogP contribution < -0.4 is 8.92 Å². The minimum atomic E-state index is 0.161. The Balaban J connectivity index is 1.69. The predicted octanol–water partition coefficient (Wildman–Crippen LogP) is 2.99. The minimum absolute atomic E-state index is 0.161. The second-order valence-corrected chi connectivity index (χ2v) is 12.1. The molecular formula is C22H20OSe2. The van der Waals surface area contributed by atoms with E-state index in [0.717, 1.165) is 6.42 Å². The van der Waals surface area contributed by atoms with Crippen LogP contribution >= 0.6 is 0 Å². The van der Waals surface area contributed by atoms with Gasteiger partial charge in [-0.25, -0.2) is 0 Å². The molecule has 0 fully saturated rings. The van der Waals surface area contributed by atoms with Gasteiger partial charge in [-0.15, -0.1) is 0 Å². The van der Waals surface area contributed by atoms with Gasteiger partial charge in [0.2, 0.25) is 0 Å². The van der Waals surface area contributed by atoms with Crippen molar-refractivity contribution in [3.8, 4) is 0 Å². The Morgan fingerprint density at radius 2 is 1.12 bits per heavy atom. The summed E-state index contributed by atoms with van der Waals surface area (Å²) >= 11 is 0.371. The van der Waals surface area contributed by atoms with E-state index in [4.69, 9.17) is 0 Å². The zero-order valence-corrected chi connectivity index (χ0v) is 17.3. The Morgan fingerprint density at radius 3 is 1.60 bits per heavy atom. The summed E-state index contributed by atoms with van der Waals surface area (Å²) in [5, 5.41) is 0. The Hall–Kier alpha value is -1.63. The Labute approximate surface area is 162 Å². The van der Waals surface area contributed by atoms with Crippen LogP contribution in [0.15, 0.2) is 91.0 Å². The van der Waals surface area contributed by atoms with E-state index in [1.165, 1.54) is 14.5 Å². The molecule has 1 nitrogen and oxygen atoms in total. The van der Waals surface area contributed by atoms with Crippen molar-refractivity contribution in [2.24, 2.45) is 0 Å². The van der Waals surface area contributed by atoms with Gasteiger partial charge < -0.3 is 0 Å². The summed E-state index contributed by atoms with van der Waals surface area (Å²) in [7, 11) is 0. The van der Waals surface area contributed by atoms with Crippen LogP contribution in [-0.4, -0.2) is 35.7 Å². The number of benzene rings is 3. The van der Waals surface area contributed by atoms with E-state index in [9.17, 15) is 4.79 Å². The topological polar surface area (TPSA) is 17.1 Å². The van der Waals surface area contributed by atoms with Crippen LogP contribution in [0.1, 0.15) is 12.0 Å². The molecule has 0 bridgehead atoms. The molecule has 0 N–H and O–H groups in total. The van der Waals surface area contributed by atoms with Gasteiger partial charge in [-0.1, -0.05) is 0 Å². The van der Waals surface area contributed by atoms with E-state index in [-0.39, 0.29) is 33.6 Å². The van der Waals surface area contributed by atoms with Gasteiger partial charge in [0.15, 0.2) is 0 Å². The summed E-state index contributed by atoms with van der Waals surface area (Å²) < 4.78 is 2.78. The predicted molar refractivity (Wildman–Crippen MR) is 107 cm³/mol. The van der Waals surface area contributed by atoms with Crippen molar-refractivity contribution < 1.29 is 4.79 Å². The van der Waals surface area contributed by atoms with E-state index in [1.807, 2.05) is 30.3 Å². The molecule has 0 unspecified atom stereocenters. The fraction of sp³-hybridized carbons (Fsp3) is 0.136. The zero-order valence-electron chi connectivity index (χ0n) is 13.9. The van der Waals surface area contributed by atoms with Gasteiger partial charge in [-0.3, -0.25) is 0 Å². The van der Waals surface area contributed by atoms with Gasteiger partial charge in [-0.05, 0) is 0 Å². The summed E-state index contributed by atoms with van der Waals surface area (Å²) in [4.78, 5) is 13.0. The molecule has 3 rings (SSSR count). The number of hydrogen-bond donors (Lipinski definition) is 0. The summed E-state index contributed by atoms with van der Waals surface area (Å²) in [5.41, 5.74) is 1.24. The Morgan fingerprint density at radius 1 is 0.680 bits per heavy atom. The molecule has 0 aliphatic carbocycles. The number of carbonyl (C=O) groups excluding carboxylic acids is 1. The first kappa shape index (κ1) is 18.2. The molecule has 0 amide bonds. The number of Topliss-reactive ketones (excluding diaryl/α,β-unsaturated/α-hetero) is 1. The molecule has 3 aromatic rings. The van der Waals surface area contributed by atoms with Gasteiger partial charge in [0.25, 0.3) is 0 Å². The maximum absolute atomic E-state index is 13.0. The average molecular weight is 458 g/mol. The first-order valence-corrected chi connectivity index (χ1v) is 12.0. The molecule has 0 radical (unpaired) electrons. The van der Waals surface area contributed by atoms with Crippen LogP contribution in [0.4, 0.5) is 0 Å². The van der Waals surface area contributed by atoms with Gasteiger partial charge in [0, 0.05) is 0 Å². The van der Waals surface area contributed by atoms with Crippen LogP contribution in [0.25, 0.3) is 0 Å². The van der Waals surface area contributed by atoms with E-state index >= 15 is 0 Å². The summed E-state index contributed by atoms with van der Waals surface area (Å²) in [6.45, 7) is 0. The Bertz CT molecular complexity index is 731. The van der Waals surface area contributed by atoms with E-state index in [0.29, 0.717) is 12.2 Å². The molecule has 126 valence electrons. The molecule has 25 heavy (non-hydrogen) atoms. The third-order valence-corrected chi connectivity index (χ3v) is 10.1. The number of carbonyl (C=O) groups is 1. The molecular weight excluding hydrogens is 438 g/mol. The van der Waals surface area contributed by atoms with Crippen LogP contribution in [0.2, 0.25) is 3.71 Å². The molecule has 0 aromatic heterocycles. The van der Waals surface area contributed by atoms with Crippen LogP contribution in [0.5, 0.6) is 0 Å². The maximum atomic E-state index is 13.0. The monoisotopic (exact) mass is 460 g/mol.